The minimum atomic E-state index is -5.31. The molecule has 0 saturated carbocycles. The number of carboxylic acids is 1. The van der Waals surface area contributed by atoms with E-state index >= 15 is 0 Å². The molecule has 2 amide bonds. The fraction of sp³-hybridized carbons (Fsp3) is 0.0811. The van der Waals surface area contributed by atoms with E-state index in [4.69, 9.17) is 10.8 Å². The van der Waals surface area contributed by atoms with Gasteiger partial charge in [0.15, 0.2) is 11.5 Å². The van der Waals surface area contributed by atoms with E-state index in [-0.39, 0.29) is 180 Å². The van der Waals surface area contributed by atoms with Crippen molar-refractivity contribution in [2.45, 2.75) is 21.6 Å². The molecule has 324 valence electrons. The Morgan fingerprint density at radius 3 is 1.44 bits per heavy atom. The molecule has 0 saturated heterocycles. The average Bonchev–Trinajstić information content (AvgIpc) is 3.19. The number of fused-ring (bicyclic) bond motifs is 2. The summed E-state index contributed by atoms with van der Waals surface area (Å²) in [5.74, 6) is -2.98. The van der Waals surface area contributed by atoms with Crippen molar-refractivity contribution in [1.29, 1.82) is 0 Å². The molecule has 0 spiro atoms. The van der Waals surface area contributed by atoms with Gasteiger partial charge in [0.05, 0.1) is 38.6 Å². The van der Waals surface area contributed by atoms with Crippen LogP contribution in [0, 0.1) is 6.92 Å². The van der Waals surface area contributed by atoms with Crippen LogP contribution in [0.3, 0.4) is 0 Å². The van der Waals surface area contributed by atoms with Crippen LogP contribution in [-0.4, -0.2) is 79.4 Å². The van der Waals surface area contributed by atoms with Gasteiger partial charge in [-0.25, -0.2) is 30.0 Å². The fourth-order valence-corrected chi connectivity index (χ4v) is 7.35. The molecule has 0 aliphatic heterocycles. The van der Waals surface area contributed by atoms with Crippen LogP contribution in [-0.2, 0) is 30.4 Å². The summed E-state index contributed by atoms with van der Waals surface area (Å²) in [6.07, 6.45) is 0. The number of aryl methyl sites for hydroxylation is 1. The van der Waals surface area contributed by atoms with Gasteiger partial charge >= 0.3 is 124 Å². The second-order valence-corrected chi connectivity index (χ2v) is 16.7. The van der Waals surface area contributed by atoms with Gasteiger partial charge in [-0.1, -0.05) is 12.1 Å². The van der Waals surface area contributed by atoms with Crippen LogP contribution in [0.4, 0.5) is 38.9 Å². The maximum Gasteiger partial charge on any atom is 1.00 e. The zero-order valence-corrected chi connectivity index (χ0v) is 45.9. The number of hydrogen-bond acceptors (Lipinski definition) is 20. The van der Waals surface area contributed by atoms with Gasteiger partial charge in [0.2, 0.25) is 0 Å². The molecule has 0 heterocycles. The summed E-state index contributed by atoms with van der Waals surface area (Å²) in [6.45, 7) is 1.86. The second kappa shape index (κ2) is 25.6. The van der Waals surface area contributed by atoms with Crippen LogP contribution in [0.5, 0.6) is 11.5 Å². The van der Waals surface area contributed by atoms with Gasteiger partial charge in [-0.2, -0.15) is 10.2 Å². The monoisotopic (exact) mass is 999 g/mol. The molecule has 0 aromatic heterocycles. The number of azo groups is 2. The first-order chi connectivity index (χ1) is 29.0. The minimum Gasteiger partial charge on any atom is -0.744 e. The number of aliphatic hydroxyl groups is 1. The number of anilines is 2. The maximum absolute atomic E-state index is 13.0. The molecule has 0 atom stereocenters. The van der Waals surface area contributed by atoms with Crippen molar-refractivity contribution in [3.05, 3.63) is 102 Å². The van der Waals surface area contributed by atoms with Gasteiger partial charge in [-0.05, 0) is 108 Å². The smallest absolute Gasteiger partial charge is 0.744 e. The zero-order chi connectivity index (χ0) is 45.7. The van der Waals surface area contributed by atoms with Crippen LogP contribution in [0.15, 0.2) is 126 Å². The zero-order valence-electron chi connectivity index (χ0n) is 35.4. The largest absolute Gasteiger partial charge is 1.00 e. The van der Waals surface area contributed by atoms with Crippen LogP contribution in [0.25, 0.3) is 21.5 Å². The van der Waals surface area contributed by atoms with Gasteiger partial charge in [-0.3, -0.25) is 0 Å². The predicted molar refractivity (Wildman–Crippen MR) is 214 cm³/mol. The summed E-state index contributed by atoms with van der Waals surface area (Å²) in [4.78, 5) is 21.5. The Bertz CT molecular complexity index is 3180. The molecule has 0 unspecified atom stereocenters. The molecule has 6 aromatic carbocycles. The molecule has 6 aromatic rings. The number of hydrogen-bond donors (Lipinski definition) is 6. The number of aromatic carboxylic acids is 1. The van der Waals surface area contributed by atoms with Gasteiger partial charge < -0.3 is 55.2 Å². The van der Waals surface area contributed by atoms with E-state index in [1.807, 2.05) is 0 Å². The van der Waals surface area contributed by atoms with Gasteiger partial charge in [-0.15, -0.1) is 10.2 Å². The summed E-state index contributed by atoms with van der Waals surface area (Å²) in [5, 5.41) is 60.5. The van der Waals surface area contributed by atoms with Crippen molar-refractivity contribution in [3.8, 4) is 11.5 Å². The average molecular weight is 1000 g/mol. The van der Waals surface area contributed by atoms with E-state index < -0.39 is 79.9 Å². The topological polar surface area (TPSA) is 389 Å². The van der Waals surface area contributed by atoms with Crippen LogP contribution in [0.1, 0.15) is 15.9 Å². The predicted octanol–water partition coefficient (Wildman–Crippen LogP) is -7.78. The van der Waals surface area contributed by atoms with Crippen molar-refractivity contribution < 1.29 is 187 Å². The third-order valence-corrected chi connectivity index (χ3v) is 10.9. The summed E-state index contributed by atoms with van der Waals surface area (Å²) in [5.41, 5.74) is 3.42. The normalized spacial score (nSPS) is 11.4. The Morgan fingerprint density at radius 2 is 1.06 bits per heavy atom. The molecule has 0 aliphatic carbocycles. The molecule has 6 rings (SSSR count). The van der Waals surface area contributed by atoms with Crippen LogP contribution >= 0.6 is 0 Å². The number of aliphatic hydroxyl groups excluding tert-OH is 1. The molecule has 7 N–H and O–H groups in total. The molecule has 0 radical (unpaired) electrons. The first-order valence-corrected chi connectivity index (χ1v) is 21.4. The van der Waals surface area contributed by atoms with E-state index in [1.54, 1.807) is 0 Å². The van der Waals surface area contributed by atoms with Crippen molar-refractivity contribution in [3.63, 3.8) is 0 Å². The fourth-order valence-electron chi connectivity index (χ4n) is 5.50. The van der Waals surface area contributed by atoms with Crippen molar-refractivity contribution in [2.75, 3.05) is 23.8 Å². The molecule has 0 fully saturated rings. The van der Waals surface area contributed by atoms with Gasteiger partial charge in [0.1, 0.15) is 41.7 Å². The van der Waals surface area contributed by atoms with Gasteiger partial charge in [0.25, 0.3) is 0 Å². The second-order valence-electron chi connectivity index (χ2n) is 12.7. The number of carboxylic acid groups (broad SMARTS) is 1. The number of carbonyl (C=O) groups excluding carboxylic acids is 2. The number of nitrogens with one attached hydrogen (secondary N) is 2. The number of phenols is 2. The Hall–Kier alpha value is -2.97. The quantitative estimate of drug-likeness (QED) is 0.0399. The SMILES string of the molecule is Cc1cc(S(=O)(=O)[O-])ccc1N=Nc1c(S(=O)(=O)[O-])cc2cc(NC(=O)Nc3ccc4c(O)c(N=Nc5ccc(C(=O)[O-])cc5)c(S(=O)(=O)[O-])cc4c3)ccc2c1O.NCCO.[Na+].[Na+].[Na+].[Na+]. The number of nitrogens with two attached hydrogens (primary N) is 1. The molecule has 29 heteroatoms. The molecule has 22 nitrogen and oxygen atoms in total. The molecular formula is C37H29N7Na4O15S3. The summed E-state index contributed by atoms with van der Waals surface area (Å²) < 4.78 is 107. The summed E-state index contributed by atoms with van der Waals surface area (Å²) in [7, 11) is -15.4. The number of urea groups is 1. The van der Waals surface area contributed by atoms with E-state index in [9.17, 15) is 63.8 Å². The first-order valence-electron chi connectivity index (χ1n) is 17.1. The van der Waals surface area contributed by atoms with Crippen LogP contribution < -0.4 is 140 Å². The van der Waals surface area contributed by atoms with E-state index in [0.717, 1.165) is 42.5 Å². The van der Waals surface area contributed by atoms with E-state index in [0.29, 0.717) is 6.54 Å². The molecule has 0 bridgehead atoms. The Labute approximate surface area is 464 Å². The van der Waals surface area contributed by atoms with Crippen molar-refractivity contribution in [1.82, 2.24) is 0 Å². The number of benzene rings is 6. The van der Waals surface area contributed by atoms with Gasteiger partial charge in [0, 0.05) is 28.7 Å². The van der Waals surface area contributed by atoms with E-state index in [2.05, 4.69) is 31.1 Å². The van der Waals surface area contributed by atoms with Crippen molar-refractivity contribution in [2.24, 2.45) is 26.2 Å². The molecular weight excluding hydrogens is 971 g/mol. The third-order valence-electron chi connectivity index (χ3n) is 8.37. The van der Waals surface area contributed by atoms with Crippen LogP contribution in [0.2, 0.25) is 0 Å². The minimum absolute atomic E-state index is 0. The third kappa shape index (κ3) is 15.5. The number of aromatic hydroxyl groups is 2. The maximum atomic E-state index is 13.0. The Morgan fingerprint density at radius 1 is 0.621 bits per heavy atom. The number of nitrogens with zero attached hydrogens (tertiary/aromatic N) is 4. The Balaban J connectivity index is 0.00000261. The van der Waals surface area contributed by atoms with E-state index in [1.165, 1.54) is 55.5 Å². The standard InChI is InChI=1S/C35H26N6O14S3.C2H7NO.4Na/c1-17-12-24(56(47,48)49)8-11-27(17)39-41-31-29(58(53,54)55)16-20-14-23(7-10-26(20)33(31)43)37-35(46)36-22-6-9-25-19(13-22)15-28(57(50,51)52)30(32(25)42)40-38-21-4-2-18(3-5-21)34(44)45;3-1-2-4;;;;/h2-16,42-43H,1H3,(H,44,45)(H2,36,37,46)(H,47,48,49)(H,50,51,52)(H,53,54,55);4H,1-3H2;;;;/q;;4*+1/p-4. The number of carbonyl (C=O) groups is 2. The summed E-state index contributed by atoms with van der Waals surface area (Å²) >= 11 is 0. The number of rotatable bonds is 11. The molecule has 66 heavy (non-hydrogen) atoms. The van der Waals surface area contributed by atoms with Crippen molar-refractivity contribution >= 4 is 98.0 Å². The molecule has 0 aliphatic rings. The Kier molecular flexibility index (Phi) is 23.7. The first kappa shape index (κ1) is 61.0. The number of phenolic OH excluding ortho intramolecular Hbond substituents is 2. The number of amides is 2. The summed E-state index contributed by atoms with van der Waals surface area (Å²) in [6, 6.07) is 16.3.